The molecule has 4 heteroatoms. The third-order valence-corrected chi connectivity index (χ3v) is 1.73. The number of nitrogens with two attached hydrogens (primary N) is 1. The van der Waals surface area contributed by atoms with Gasteiger partial charge in [0, 0.05) is 0 Å². The van der Waals surface area contributed by atoms with Gasteiger partial charge in [-0.2, -0.15) is 0 Å². The molecule has 0 spiro atoms. The van der Waals surface area contributed by atoms with E-state index in [4.69, 9.17) is 15.9 Å². The maximum absolute atomic E-state index is 7.16. The molecule has 0 atom stereocenters. The molecule has 0 amide bonds. The molecule has 0 bridgehead atoms. The summed E-state index contributed by atoms with van der Waals surface area (Å²) in [7, 11) is 0. The fourth-order valence-corrected chi connectivity index (χ4v) is 1.10. The lowest BCUT2D eigenvalue weighted by atomic mass is 10.2. The Kier molecular flexibility index (Phi) is 3.97. The number of guanidine groups is 1. The maximum Gasteiger partial charge on any atom is 0.190 e. The molecule has 1 aromatic carbocycles. The van der Waals surface area contributed by atoms with Crippen molar-refractivity contribution in [2.75, 3.05) is 11.9 Å². The number of benzene rings is 1. The van der Waals surface area contributed by atoms with Crippen LogP contribution in [0.4, 0.5) is 5.69 Å². The standard InChI is InChI=1S/C11H17N3O/c1-8(2)7-15-10-6-4-3-5-9(10)14-11(12)13/h3-6,8H,7H2,1-2H3,(H4,12,13,14). The highest BCUT2D eigenvalue weighted by Gasteiger charge is 2.03. The van der Waals surface area contributed by atoms with Gasteiger partial charge in [0.2, 0.25) is 0 Å². The lowest BCUT2D eigenvalue weighted by Crippen LogP contribution is -2.21. The van der Waals surface area contributed by atoms with Gasteiger partial charge in [-0.05, 0) is 18.1 Å². The Bertz CT molecular complexity index is 336. The number of para-hydroxylation sites is 2. The van der Waals surface area contributed by atoms with Crippen molar-refractivity contribution >= 4 is 11.6 Å². The van der Waals surface area contributed by atoms with Gasteiger partial charge in [0.25, 0.3) is 0 Å². The second kappa shape index (κ2) is 5.24. The molecule has 0 fully saturated rings. The SMILES string of the molecule is CC(C)COc1ccccc1NC(=N)N. The van der Waals surface area contributed by atoms with Crippen LogP contribution in [-0.4, -0.2) is 12.6 Å². The van der Waals surface area contributed by atoms with E-state index in [1.165, 1.54) is 0 Å². The molecule has 0 saturated carbocycles. The minimum Gasteiger partial charge on any atom is -0.491 e. The van der Waals surface area contributed by atoms with Crippen molar-refractivity contribution < 1.29 is 4.74 Å². The zero-order chi connectivity index (χ0) is 11.3. The van der Waals surface area contributed by atoms with Crippen molar-refractivity contribution in [3.05, 3.63) is 24.3 Å². The van der Waals surface area contributed by atoms with E-state index in [9.17, 15) is 0 Å². The zero-order valence-electron chi connectivity index (χ0n) is 9.08. The minimum atomic E-state index is -0.0874. The smallest absolute Gasteiger partial charge is 0.190 e. The van der Waals surface area contributed by atoms with Gasteiger partial charge < -0.3 is 15.8 Å². The molecular formula is C11H17N3O. The van der Waals surface area contributed by atoms with Crippen LogP contribution in [0.25, 0.3) is 0 Å². The Morgan fingerprint density at radius 3 is 2.73 bits per heavy atom. The molecule has 82 valence electrons. The van der Waals surface area contributed by atoms with E-state index in [2.05, 4.69) is 19.2 Å². The number of nitrogens with one attached hydrogen (secondary N) is 2. The molecule has 15 heavy (non-hydrogen) atoms. The monoisotopic (exact) mass is 207 g/mol. The number of hydrogen-bond acceptors (Lipinski definition) is 2. The summed E-state index contributed by atoms with van der Waals surface area (Å²) in [6.07, 6.45) is 0. The molecule has 0 saturated heterocycles. The number of rotatable bonds is 4. The average molecular weight is 207 g/mol. The van der Waals surface area contributed by atoms with E-state index < -0.39 is 0 Å². The van der Waals surface area contributed by atoms with Crippen LogP contribution in [0, 0.1) is 11.3 Å². The van der Waals surface area contributed by atoms with Gasteiger partial charge in [-0.25, -0.2) is 0 Å². The molecule has 0 aromatic heterocycles. The maximum atomic E-state index is 7.16. The van der Waals surface area contributed by atoms with Crippen molar-refractivity contribution in [1.29, 1.82) is 5.41 Å². The molecule has 0 heterocycles. The third kappa shape index (κ3) is 3.89. The van der Waals surface area contributed by atoms with Gasteiger partial charge in [0.1, 0.15) is 5.75 Å². The van der Waals surface area contributed by atoms with Gasteiger partial charge in [0.15, 0.2) is 5.96 Å². The molecule has 0 unspecified atom stereocenters. The Hall–Kier alpha value is -1.71. The second-order valence-corrected chi connectivity index (χ2v) is 3.74. The summed E-state index contributed by atoms with van der Waals surface area (Å²) >= 11 is 0. The molecule has 4 nitrogen and oxygen atoms in total. The van der Waals surface area contributed by atoms with Gasteiger partial charge in [0.05, 0.1) is 12.3 Å². The van der Waals surface area contributed by atoms with Crippen molar-refractivity contribution in [3.8, 4) is 5.75 Å². The van der Waals surface area contributed by atoms with Gasteiger partial charge in [-0.1, -0.05) is 26.0 Å². The first-order valence-electron chi connectivity index (χ1n) is 4.92. The Labute approximate surface area is 89.9 Å². The van der Waals surface area contributed by atoms with Crippen LogP contribution in [0.3, 0.4) is 0 Å². The fourth-order valence-electron chi connectivity index (χ4n) is 1.10. The van der Waals surface area contributed by atoms with Crippen LogP contribution in [0.2, 0.25) is 0 Å². The summed E-state index contributed by atoms with van der Waals surface area (Å²) in [6, 6.07) is 7.44. The molecule has 0 aliphatic heterocycles. The average Bonchev–Trinajstić information content (AvgIpc) is 2.15. The number of anilines is 1. The van der Waals surface area contributed by atoms with Crippen LogP contribution >= 0.6 is 0 Å². The fraction of sp³-hybridized carbons (Fsp3) is 0.364. The highest BCUT2D eigenvalue weighted by molar-refractivity contribution is 5.91. The molecule has 4 N–H and O–H groups in total. The first-order valence-corrected chi connectivity index (χ1v) is 4.92. The zero-order valence-corrected chi connectivity index (χ0v) is 9.08. The molecular weight excluding hydrogens is 190 g/mol. The second-order valence-electron chi connectivity index (χ2n) is 3.74. The summed E-state index contributed by atoms with van der Waals surface area (Å²) in [5.74, 6) is 1.10. The van der Waals surface area contributed by atoms with Crippen molar-refractivity contribution in [2.45, 2.75) is 13.8 Å². The summed E-state index contributed by atoms with van der Waals surface area (Å²) in [5, 5.41) is 9.89. The summed E-state index contributed by atoms with van der Waals surface area (Å²) in [6.45, 7) is 4.82. The van der Waals surface area contributed by atoms with Gasteiger partial charge in [-0.3, -0.25) is 5.41 Å². The van der Waals surface area contributed by atoms with Crippen LogP contribution in [0.5, 0.6) is 5.75 Å². The topological polar surface area (TPSA) is 71.1 Å². The first kappa shape index (κ1) is 11.4. The molecule has 1 aromatic rings. The Balaban J connectivity index is 2.72. The van der Waals surface area contributed by atoms with Crippen LogP contribution in [-0.2, 0) is 0 Å². The molecule has 0 radical (unpaired) electrons. The van der Waals surface area contributed by atoms with Crippen LogP contribution in [0.1, 0.15) is 13.8 Å². The minimum absolute atomic E-state index is 0.0874. The highest BCUT2D eigenvalue weighted by atomic mass is 16.5. The number of ether oxygens (including phenoxy) is 1. The largest absolute Gasteiger partial charge is 0.491 e. The number of hydrogen-bond donors (Lipinski definition) is 3. The van der Waals surface area contributed by atoms with E-state index in [-0.39, 0.29) is 5.96 Å². The summed E-state index contributed by atoms with van der Waals surface area (Å²) in [5.41, 5.74) is 5.99. The lowest BCUT2D eigenvalue weighted by molar-refractivity contribution is 0.272. The molecule has 1 rings (SSSR count). The van der Waals surface area contributed by atoms with Gasteiger partial charge >= 0.3 is 0 Å². The van der Waals surface area contributed by atoms with Crippen molar-refractivity contribution in [3.63, 3.8) is 0 Å². The molecule has 0 aliphatic carbocycles. The lowest BCUT2D eigenvalue weighted by Gasteiger charge is -2.13. The highest BCUT2D eigenvalue weighted by Crippen LogP contribution is 2.23. The van der Waals surface area contributed by atoms with Gasteiger partial charge in [-0.15, -0.1) is 0 Å². The van der Waals surface area contributed by atoms with Crippen molar-refractivity contribution in [1.82, 2.24) is 0 Å². The van der Waals surface area contributed by atoms with E-state index in [0.29, 0.717) is 12.5 Å². The predicted molar refractivity (Wildman–Crippen MR) is 62.3 cm³/mol. The predicted octanol–water partition coefficient (Wildman–Crippen LogP) is 2.03. The van der Waals surface area contributed by atoms with E-state index in [1.807, 2.05) is 24.3 Å². The normalized spacial score (nSPS) is 10.1. The Morgan fingerprint density at radius 2 is 2.13 bits per heavy atom. The van der Waals surface area contributed by atoms with E-state index in [0.717, 1.165) is 11.4 Å². The van der Waals surface area contributed by atoms with Crippen molar-refractivity contribution in [2.24, 2.45) is 11.7 Å². The first-order chi connectivity index (χ1) is 7.09. The Morgan fingerprint density at radius 1 is 1.47 bits per heavy atom. The van der Waals surface area contributed by atoms with E-state index >= 15 is 0 Å². The summed E-state index contributed by atoms with van der Waals surface area (Å²) < 4.78 is 5.58. The molecule has 0 aliphatic rings. The van der Waals surface area contributed by atoms with E-state index in [1.54, 1.807) is 0 Å². The van der Waals surface area contributed by atoms with Crippen LogP contribution < -0.4 is 15.8 Å². The van der Waals surface area contributed by atoms with Crippen LogP contribution in [0.15, 0.2) is 24.3 Å². The quantitative estimate of drug-likeness (QED) is 0.522. The third-order valence-electron chi connectivity index (χ3n) is 1.73. The summed E-state index contributed by atoms with van der Waals surface area (Å²) in [4.78, 5) is 0.